The van der Waals surface area contributed by atoms with Crippen LogP contribution < -0.4 is 0 Å². The van der Waals surface area contributed by atoms with E-state index in [1.165, 1.54) is 4.90 Å². The minimum Gasteiger partial charge on any atom is -0.481 e. The number of halogens is 1. The summed E-state index contributed by atoms with van der Waals surface area (Å²) in [5.74, 6) is -3.92. The monoisotopic (exact) mass is 534 g/mol. The molecule has 2 amide bonds. The molecule has 9 heteroatoms. The van der Waals surface area contributed by atoms with Crippen molar-refractivity contribution in [2.24, 2.45) is 11.8 Å². The molecule has 0 aromatic heterocycles. The zero-order chi connectivity index (χ0) is 24.8. The number of carbonyl (C=O) groups is 3. The molecule has 184 valence electrons. The Kier molecular flexibility index (Phi) is 6.90. The Hall–Kier alpha value is -2.23. The molecule has 3 unspecified atom stereocenters. The summed E-state index contributed by atoms with van der Waals surface area (Å²) < 4.78 is 6.31. The van der Waals surface area contributed by atoms with Gasteiger partial charge in [0.1, 0.15) is 11.6 Å². The Morgan fingerprint density at radius 2 is 2.03 bits per heavy atom. The van der Waals surface area contributed by atoms with Crippen LogP contribution in [0.5, 0.6) is 0 Å². The summed E-state index contributed by atoms with van der Waals surface area (Å²) in [6, 6.07) is 7.50. The second kappa shape index (κ2) is 9.43. The number of carboxylic acid groups (broad SMARTS) is 1. The zero-order valence-corrected chi connectivity index (χ0v) is 20.9. The molecule has 3 aliphatic rings. The highest BCUT2D eigenvalue weighted by molar-refractivity contribution is 9.09. The minimum atomic E-state index is -1.27. The summed E-state index contributed by atoms with van der Waals surface area (Å²) in [6.45, 7) is 7.44. The van der Waals surface area contributed by atoms with E-state index in [9.17, 15) is 24.6 Å². The molecule has 3 aliphatic heterocycles. The van der Waals surface area contributed by atoms with Crippen molar-refractivity contribution in [2.75, 3.05) is 13.2 Å². The number of hydrogen-bond acceptors (Lipinski definition) is 5. The van der Waals surface area contributed by atoms with Gasteiger partial charge in [0.15, 0.2) is 0 Å². The molecule has 0 radical (unpaired) electrons. The lowest BCUT2D eigenvalue weighted by Gasteiger charge is -2.40. The first-order chi connectivity index (χ1) is 16.2. The van der Waals surface area contributed by atoms with Crippen molar-refractivity contribution in [1.82, 2.24) is 9.80 Å². The Labute approximate surface area is 207 Å². The van der Waals surface area contributed by atoms with E-state index >= 15 is 0 Å². The highest BCUT2D eigenvalue weighted by Gasteiger charge is 2.77. The number of carboxylic acids is 1. The van der Waals surface area contributed by atoms with E-state index in [1.807, 2.05) is 44.2 Å². The van der Waals surface area contributed by atoms with Crippen molar-refractivity contribution in [3.63, 3.8) is 0 Å². The van der Waals surface area contributed by atoms with Crippen LogP contribution in [0.25, 0.3) is 0 Å². The third kappa shape index (κ3) is 3.78. The van der Waals surface area contributed by atoms with Gasteiger partial charge in [0.25, 0.3) is 0 Å². The van der Waals surface area contributed by atoms with Crippen LogP contribution in [0.2, 0.25) is 0 Å². The van der Waals surface area contributed by atoms with E-state index in [1.54, 1.807) is 11.0 Å². The number of aliphatic hydroxyl groups excluding tert-OH is 1. The number of alkyl halides is 1. The third-order valence-corrected chi connectivity index (χ3v) is 8.24. The Bertz CT molecular complexity index is 971. The van der Waals surface area contributed by atoms with Crippen LogP contribution in [-0.4, -0.2) is 85.6 Å². The van der Waals surface area contributed by atoms with Gasteiger partial charge in [-0.05, 0) is 32.3 Å². The molecule has 1 spiro atoms. The largest absolute Gasteiger partial charge is 0.481 e. The van der Waals surface area contributed by atoms with Gasteiger partial charge < -0.3 is 24.7 Å². The van der Waals surface area contributed by atoms with Gasteiger partial charge in [0.05, 0.1) is 30.6 Å². The molecular formula is C25H31BrN2O6. The van der Waals surface area contributed by atoms with Gasteiger partial charge in [0, 0.05) is 17.4 Å². The number of likely N-dealkylation sites (tertiary alicyclic amines) is 1. The second-order valence-electron chi connectivity index (χ2n) is 9.65. The predicted molar refractivity (Wildman–Crippen MR) is 128 cm³/mol. The van der Waals surface area contributed by atoms with Gasteiger partial charge in [-0.25, -0.2) is 0 Å². The van der Waals surface area contributed by atoms with Gasteiger partial charge >= 0.3 is 5.97 Å². The molecule has 34 heavy (non-hydrogen) atoms. The minimum absolute atomic E-state index is 0.173. The molecule has 7 atom stereocenters. The number of amides is 2. The standard InChI is InChI=1S/C25H31BrN2O6/c1-4-10-27(14(2)3)23(31)21-25-12-17(26)20(34-25)18(24(32)33)19(25)22(30)28(21)16(13-29)11-15-8-6-5-7-9-15/h4-9,14,16-21,29H,1,10-13H2,2-3H3,(H,32,33)/t16-,17?,18-,19+,20-,21?,25?/m1/s1. The van der Waals surface area contributed by atoms with Crippen molar-refractivity contribution in [1.29, 1.82) is 0 Å². The second-order valence-corrected chi connectivity index (χ2v) is 10.8. The highest BCUT2D eigenvalue weighted by atomic mass is 79.9. The van der Waals surface area contributed by atoms with Crippen molar-refractivity contribution < 1.29 is 29.3 Å². The van der Waals surface area contributed by atoms with E-state index in [2.05, 4.69) is 22.5 Å². The molecule has 2 bridgehead atoms. The molecular weight excluding hydrogens is 504 g/mol. The highest BCUT2D eigenvalue weighted by Crippen LogP contribution is 2.60. The lowest BCUT2D eigenvalue weighted by atomic mass is 9.70. The van der Waals surface area contributed by atoms with Crippen molar-refractivity contribution in [3.8, 4) is 0 Å². The van der Waals surface area contributed by atoms with Crippen LogP contribution in [-0.2, 0) is 25.5 Å². The molecule has 0 saturated carbocycles. The number of fused-ring (bicyclic) bond motifs is 1. The lowest BCUT2D eigenvalue weighted by molar-refractivity contribution is -0.153. The summed E-state index contributed by atoms with van der Waals surface area (Å²) in [5.41, 5.74) is -0.366. The molecule has 1 aromatic rings. The topological polar surface area (TPSA) is 107 Å². The van der Waals surface area contributed by atoms with E-state index in [0.717, 1.165) is 5.56 Å². The Morgan fingerprint density at radius 3 is 2.59 bits per heavy atom. The predicted octanol–water partition coefficient (Wildman–Crippen LogP) is 1.85. The molecule has 3 saturated heterocycles. The van der Waals surface area contributed by atoms with Crippen molar-refractivity contribution in [2.45, 2.75) is 61.3 Å². The van der Waals surface area contributed by atoms with Crippen LogP contribution in [0.4, 0.5) is 0 Å². The number of benzene rings is 1. The number of aliphatic carboxylic acids is 1. The third-order valence-electron chi connectivity index (χ3n) is 7.40. The SMILES string of the molecule is C=CCN(C(=O)C1N([C@@H](CO)Cc2ccccc2)C(=O)[C@@H]2[C@@H](C(=O)O)[C@@H]3OC12CC3Br)C(C)C. The smallest absolute Gasteiger partial charge is 0.310 e. The van der Waals surface area contributed by atoms with Gasteiger partial charge in [0.2, 0.25) is 11.8 Å². The first-order valence-electron chi connectivity index (χ1n) is 11.6. The van der Waals surface area contributed by atoms with Gasteiger partial charge in [-0.3, -0.25) is 14.4 Å². The molecule has 0 aliphatic carbocycles. The lowest BCUT2D eigenvalue weighted by Crippen LogP contribution is -2.60. The first-order valence-corrected chi connectivity index (χ1v) is 12.5. The number of aliphatic hydroxyl groups is 1. The summed E-state index contributed by atoms with van der Waals surface area (Å²) in [5, 5.41) is 20.4. The maximum Gasteiger partial charge on any atom is 0.310 e. The van der Waals surface area contributed by atoms with Gasteiger partial charge in [-0.2, -0.15) is 0 Å². The molecule has 2 N–H and O–H groups in total. The zero-order valence-electron chi connectivity index (χ0n) is 19.3. The van der Waals surface area contributed by atoms with E-state index in [4.69, 9.17) is 4.74 Å². The molecule has 1 aromatic carbocycles. The average Bonchev–Trinajstić information content (AvgIpc) is 3.39. The fourth-order valence-corrected chi connectivity index (χ4v) is 6.95. The number of nitrogens with zero attached hydrogens (tertiary/aromatic N) is 2. The van der Waals surface area contributed by atoms with Crippen molar-refractivity contribution in [3.05, 3.63) is 48.6 Å². The van der Waals surface area contributed by atoms with Crippen LogP contribution in [0, 0.1) is 11.8 Å². The summed E-state index contributed by atoms with van der Waals surface area (Å²) >= 11 is 3.55. The Balaban J connectivity index is 1.82. The number of ether oxygens (including phenoxy) is 1. The van der Waals surface area contributed by atoms with E-state index < -0.39 is 47.5 Å². The molecule has 8 nitrogen and oxygen atoms in total. The molecule has 4 rings (SSSR count). The average molecular weight is 535 g/mol. The maximum atomic E-state index is 14.1. The fourth-order valence-electron chi connectivity index (χ4n) is 6.01. The molecule has 3 fully saturated rings. The number of rotatable bonds is 9. The maximum absolute atomic E-state index is 14.1. The van der Waals surface area contributed by atoms with Gasteiger partial charge in [-0.1, -0.05) is 52.3 Å². The molecule has 3 heterocycles. The number of carbonyl (C=O) groups excluding carboxylic acids is 2. The van der Waals surface area contributed by atoms with Crippen LogP contribution in [0.15, 0.2) is 43.0 Å². The van der Waals surface area contributed by atoms with E-state index in [0.29, 0.717) is 12.8 Å². The van der Waals surface area contributed by atoms with Crippen LogP contribution in [0.1, 0.15) is 25.8 Å². The van der Waals surface area contributed by atoms with Crippen LogP contribution >= 0.6 is 15.9 Å². The van der Waals surface area contributed by atoms with E-state index in [-0.39, 0.29) is 29.9 Å². The fraction of sp³-hybridized carbons (Fsp3) is 0.560. The number of hydrogen-bond donors (Lipinski definition) is 2. The summed E-state index contributed by atoms with van der Waals surface area (Å²) in [7, 11) is 0. The first kappa shape index (κ1) is 24.9. The van der Waals surface area contributed by atoms with Gasteiger partial charge in [-0.15, -0.1) is 6.58 Å². The summed E-state index contributed by atoms with van der Waals surface area (Å²) in [4.78, 5) is 43.0. The Morgan fingerprint density at radius 1 is 1.35 bits per heavy atom. The quantitative estimate of drug-likeness (QED) is 0.369. The summed E-state index contributed by atoms with van der Waals surface area (Å²) in [6.07, 6.45) is 1.60. The van der Waals surface area contributed by atoms with Crippen LogP contribution in [0.3, 0.4) is 0 Å². The van der Waals surface area contributed by atoms with Crippen molar-refractivity contribution >= 4 is 33.7 Å². The normalized spacial score (nSPS) is 32.7.